The van der Waals surface area contributed by atoms with Crippen LogP contribution in [-0.2, 0) is 0 Å². The predicted molar refractivity (Wildman–Crippen MR) is 107 cm³/mol. The molecular formula is C23H20N2. The lowest BCUT2D eigenvalue weighted by Gasteiger charge is -2.31. The molecule has 3 aromatic rings. The summed E-state index contributed by atoms with van der Waals surface area (Å²) < 4.78 is 0. The molecule has 0 fully saturated rings. The van der Waals surface area contributed by atoms with Gasteiger partial charge in [-0.05, 0) is 43.2 Å². The Morgan fingerprint density at radius 1 is 0.640 bits per heavy atom. The monoisotopic (exact) mass is 324 g/mol. The van der Waals surface area contributed by atoms with Gasteiger partial charge in [-0.25, -0.2) is 0 Å². The smallest absolute Gasteiger partial charge is 0.108 e. The van der Waals surface area contributed by atoms with E-state index in [0.29, 0.717) is 0 Å². The topological polar surface area (TPSA) is 6.48 Å². The quantitative estimate of drug-likeness (QED) is 0.532. The molecule has 122 valence electrons. The average molecular weight is 324 g/mol. The Labute approximate surface area is 148 Å². The number of anilines is 4. The second-order valence-corrected chi connectivity index (χ2v) is 6.77. The van der Waals surface area contributed by atoms with E-state index in [0.717, 1.165) is 0 Å². The van der Waals surface area contributed by atoms with Crippen LogP contribution in [0.25, 0.3) is 12.2 Å². The van der Waals surface area contributed by atoms with E-state index < -0.39 is 0 Å². The van der Waals surface area contributed by atoms with E-state index >= 15 is 0 Å². The van der Waals surface area contributed by atoms with Gasteiger partial charge < -0.3 is 9.80 Å². The highest BCUT2D eigenvalue weighted by atomic mass is 15.4. The first-order valence-electron chi connectivity index (χ1n) is 8.80. The fourth-order valence-corrected chi connectivity index (χ4v) is 4.16. The Morgan fingerprint density at radius 2 is 1.28 bits per heavy atom. The highest BCUT2D eigenvalue weighted by molar-refractivity contribution is 5.99. The zero-order valence-electron chi connectivity index (χ0n) is 14.5. The van der Waals surface area contributed by atoms with Crippen LogP contribution in [0.2, 0.25) is 0 Å². The normalized spacial score (nSPS) is 17.3. The molecule has 2 heterocycles. The SMILES string of the molecule is Cc1ccccc1N1c2cccc3c2N(c2ccccc2C=C3)[C@@H]1C. The van der Waals surface area contributed by atoms with E-state index in [1.807, 2.05) is 0 Å². The van der Waals surface area contributed by atoms with Gasteiger partial charge in [0.2, 0.25) is 0 Å². The van der Waals surface area contributed by atoms with Gasteiger partial charge in [0.05, 0.1) is 17.1 Å². The molecule has 0 saturated carbocycles. The number of hydrogen-bond acceptors (Lipinski definition) is 2. The summed E-state index contributed by atoms with van der Waals surface area (Å²) in [6.07, 6.45) is 4.69. The number of benzene rings is 3. The van der Waals surface area contributed by atoms with Gasteiger partial charge in [-0.2, -0.15) is 0 Å². The summed E-state index contributed by atoms with van der Waals surface area (Å²) in [5, 5.41) is 0. The molecule has 0 radical (unpaired) electrons. The van der Waals surface area contributed by atoms with Gasteiger partial charge in [-0.15, -0.1) is 0 Å². The molecule has 0 saturated heterocycles. The first kappa shape index (κ1) is 14.4. The molecule has 0 N–H and O–H groups in total. The van der Waals surface area contributed by atoms with E-state index in [1.165, 1.54) is 39.4 Å². The lowest BCUT2D eigenvalue weighted by Crippen LogP contribution is -2.35. The number of para-hydroxylation sites is 3. The van der Waals surface area contributed by atoms with Crippen molar-refractivity contribution in [1.82, 2.24) is 0 Å². The van der Waals surface area contributed by atoms with Crippen LogP contribution in [0.3, 0.4) is 0 Å². The molecule has 0 unspecified atom stereocenters. The van der Waals surface area contributed by atoms with Gasteiger partial charge in [0.15, 0.2) is 0 Å². The van der Waals surface area contributed by atoms with Gasteiger partial charge in [0.1, 0.15) is 6.17 Å². The van der Waals surface area contributed by atoms with Crippen molar-refractivity contribution in [3.05, 3.63) is 83.4 Å². The van der Waals surface area contributed by atoms with E-state index in [4.69, 9.17) is 0 Å². The number of aryl methyl sites for hydroxylation is 1. The van der Waals surface area contributed by atoms with Crippen molar-refractivity contribution in [2.75, 3.05) is 9.80 Å². The molecule has 3 aromatic carbocycles. The fraction of sp³-hybridized carbons (Fsp3) is 0.130. The van der Waals surface area contributed by atoms with Crippen molar-refractivity contribution in [2.24, 2.45) is 0 Å². The van der Waals surface area contributed by atoms with Crippen LogP contribution in [0.5, 0.6) is 0 Å². The second kappa shape index (κ2) is 5.25. The largest absolute Gasteiger partial charge is 0.318 e. The Kier molecular flexibility index (Phi) is 3.01. The van der Waals surface area contributed by atoms with Gasteiger partial charge in [0, 0.05) is 11.3 Å². The fourth-order valence-electron chi connectivity index (χ4n) is 4.16. The molecule has 0 spiro atoms. The maximum absolute atomic E-state index is 2.48. The van der Waals surface area contributed by atoms with E-state index in [-0.39, 0.29) is 6.17 Å². The summed E-state index contributed by atoms with van der Waals surface area (Å²) in [6.45, 7) is 4.48. The Hall–Kier alpha value is -3.00. The Morgan fingerprint density at radius 3 is 2.12 bits per heavy atom. The lowest BCUT2D eigenvalue weighted by molar-refractivity contribution is 0.759. The van der Waals surface area contributed by atoms with E-state index in [2.05, 4.69) is 103 Å². The minimum atomic E-state index is 0.221. The van der Waals surface area contributed by atoms with Gasteiger partial charge in [0.25, 0.3) is 0 Å². The zero-order chi connectivity index (χ0) is 17.0. The van der Waals surface area contributed by atoms with Crippen molar-refractivity contribution in [1.29, 1.82) is 0 Å². The minimum absolute atomic E-state index is 0.221. The molecular weight excluding hydrogens is 304 g/mol. The van der Waals surface area contributed by atoms with Crippen molar-refractivity contribution in [3.63, 3.8) is 0 Å². The molecule has 2 aliphatic heterocycles. The van der Waals surface area contributed by atoms with Crippen LogP contribution in [0.15, 0.2) is 66.7 Å². The van der Waals surface area contributed by atoms with Crippen molar-refractivity contribution in [2.45, 2.75) is 20.0 Å². The predicted octanol–water partition coefficient (Wildman–Crippen LogP) is 6.11. The van der Waals surface area contributed by atoms with Gasteiger partial charge >= 0.3 is 0 Å². The highest BCUT2D eigenvalue weighted by Crippen LogP contribution is 2.52. The van der Waals surface area contributed by atoms with Crippen molar-refractivity contribution < 1.29 is 0 Å². The van der Waals surface area contributed by atoms with Crippen LogP contribution in [-0.4, -0.2) is 6.17 Å². The van der Waals surface area contributed by atoms with Crippen molar-refractivity contribution in [3.8, 4) is 0 Å². The van der Waals surface area contributed by atoms with Crippen LogP contribution in [0.4, 0.5) is 22.7 Å². The molecule has 2 nitrogen and oxygen atoms in total. The molecule has 0 bridgehead atoms. The summed E-state index contributed by atoms with van der Waals surface area (Å²) in [7, 11) is 0. The molecule has 0 aromatic heterocycles. The van der Waals surface area contributed by atoms with E-state index in [9.17, 15) is 0 Å². The van der Waals surface area contributed by atoms with Crippen LogP contribution >= 0.6 is 0 Å². The van der Waals surface area contributed by atoms with Crippen molar-refractivity contribution >= 4 is 34.9 Å². The van der Waals surface area contributed by atoms with Gasteiger partial charge in [-0.3, -0.25) is 0 Å². The van der Waals surface area contributed by atoms with E-state index in [1.54, 1.807) is 0 Å². The van der Waals surface area contributed by atoms with Gasteiger partial charge in [-0.1, -0.05) is 60.7 Å². The molecule has 1 atom stereocenters. The number of hydrogen-bond donors (Lipinski definition) is 0. The zero-order valence-corrected chi connectivity index (χ0v) is 14.5. The number of rotatable bonds is 1. The molecule has 0 amide bonds. The first-order valence-corrected chi connectivity index (χ1v) is 8.80. The molecule has 25 heavy (non-hydrogen) atoms. The average Bonchev–Trinajstić information content (AvgIpc) is 2.82. The molecule has 5 rings (SSSR count). The standard InChI is InChI=1S/C23H20N2/c1-16-8-3-5-11-20(16)24-17(2)25-21-12-6-4-9-18(21)14-15-19-10-7-13-22(24)23(19)25/h3-15,17H,1-2H3/t17-/m1/s1. The third-order valence-corrected chi connectivity index (χ3v) is 5.31. The summed E-state index contributed by atoms with van der Waals surface area (Å²) in [6, 6.07) is 23.9. The second-order valence-electron chi connectivity index (χ2n) is 6.77. The Balaban J connectivity index is 1.80. The third kappa shape index (κ3) is 1.97. The number of fused-ring (bicyclic) bond motifs is 2. The maximum Gasteiger partial charge on any atom is 0.108 e. The maximum atomic E-state index is 2.48. The minimum Gasteiger partial charge on any atom is -0.318 e. The van der Waals surface area contributed by atoms with Crippen LogP contribution < -0.4 is 9.80 Å². The highest BCUT2D eigenvalue weighted by Gasteiger charge is 2.37. The Bertz CT molecular complexity index is 1000. The summed E-state index contributed by atoms with van der Waals surface area (Å²) in [5.74, 6) is 0. The summed E-state index contributed by atoms with van der Waals surface area (Å²) in [5.41, 5.74) is 8.97. The molecule has 0 aliphatic carbocycles. The molecule has 2 aliphatic rings. The molecule has 2 heteroatoms. The third-order valence-electron chi connectivity index (χ3n) is 5.31. The summed E-state index contributed by atoms with van der Waals surface area (Å²) >= 11 is 0. The summed E-state index contributed by atoms with van der Waals surface area (Å²) in [4.78, 5) is 4.94. The lowest BCUT2D eigenvalue weighted by atomic mass is 10.1. The number of nitrogens with zero attached hydrogens (tertiary/aromatic N) is 2. The van der Waals surface area contributed by atoms with Crippen LogP contribution in [0.1, 0.15) is 23.6 Å². The van der Waals surface area contributed by atoms with Crippen LogP contribution in [0, 0.1) is 6.92 Å². The first-order chi connectivity index (χ1) is 12.3.